The van der Waals surface area contributed by atoms with Gasteiger partial charge in [-0.1, -0.05) is 24.3 Å². The molecule has 1 N–H and O–H groups in total. The lowest BCUT2D eigenvalue weighted by atomic mass is 10.0. The quantitative estimate of drug-likeness (QED) is 0.834. The molecule has 0 aromatic heterocycles. The topological polar surface area (TPSA) is 15.3 Å². The van der Waals surface area contributed by atoms with Gasteiger partial charge < -0.3 is 5.32 Å². The molecule has 1 aliphatic heterocycles. The molecule has 1 aromatic carbocycles. The van der Waals surface area contributed by atoms with Crippen LogP contribution in [0.4, 0.5) is 0 Å². The molecule has 1 aromatic rings. The first-order chi connectivity index (χ1) is 8.34. The van der Waals surface area contributed by atoms with Gasteiger partial charge in [-0.05, 0) is 56.9 Å². The average molecular weight is 230 g/mol. The second-order valence-corrected chi connectivity index (χ2v) is 5.48. The Bertz CT molecular complexity index is 357. The van der Waals surface area contributed by atoms with Gasteiger partial charge in [0.15, 0.2) is 0 Å². The number of rotatable bonds is 2. The Morgan fingerprint density at radius 2 is 1.59 bits per heavy atom. The van der Waals surface area contributed by atoms with Gasteiger partial charge in [-0.2, -0.15) is 0 Å². The second-order valence-electron chi connectivity index (χ2n) is 5.48. The van der Waals surface area contributed by atoms with E-state index in [1.54, 1.807) is 11.1 Å². The summed E-state index contributed by atoms with van der Waals surface area (Å²) in [5, 5.41) is 3.45. The Morgan fingerprint density at radius 3 is 2.18 bits per heavy atom. The van der Waals surface area contributed by atoms with Crippen LogP contribution in [0, 0.1) is 0 Å². The van der Waals surface area contributed by atoms with Gasteiger partial charge >= 0.3 is 0 Å². The molecule has 2 aliphatic rings. The van der Waals surface area contributed by atoms with Crippen molar-refractivity contribution in [3.8, 4) is 0 Å². The minimum Gasteiger partial charge on any atom is -0.317 e. The standard InChI is InChI=1S/C15H22N2/c1-17(14-6-8-16-9-7-14)15-10-12-4-2-3-5-13(12)11-15/h2-5,14-16H,6-11H2,1H3. The SMILES string of the molecule is CN(C1CCNCC1)C1Cc2ccccc2C1. The number of piperidine rings is 1. The first-order valence-electron chi connectivity index (χ1n) is 6.84. The minimum atomic E-state index is 0.732. The summed E-state index contributed by atoms with van der Waals surface area (Å²) in [6.07, 6.45) is 5.11. The van der Waals surface area contributed by atoms with Crippen molar-refractivity contribution in [1.82, 2.24) is 10.2 Å². The summed E-state index contributed by atoms with van der Waals surface area (Å²) in [5.41, 5.74) is 3.14. The number of fused-ring (bicyclic) bond motifs is 1. The van der Waals surface area contributed by atoms with Crippen molar-refractivity contribution >= 4 is 0 Å². The fourth-order valence-electron chi connectivity index (χ4n) is 3.34. The Kier molecular flexibility index (Phi) is 3.17. The summed E-state index contributed by atoms with van der Waals surface area (Å²) in [5.74, 6) is 0. The van der Waals surface area contributed by atoms with Crippen LogP contribution in [0.2, 0.25) is 0 Å². The van der Waals surface area contributed by atoms with Crippen molar-refractivity contribution in [2.24, 2.45) is 0 Å². The van der Waals surface area contributed by atoms with Crippen molar-refractivity contribution < 1.29 is 0 Å². The third kappa shape index (κ3) is 2.24. The van der Waals surface area contributed by atoms with E-state index >= 15 is 0 Å². The van der Waals surface area contributed by atoms with E-state index in [0.717, 1.165) is 12.1 Å². The molecule has 0 bridgehead atoms. The van der Waals surface area contributed by atoms with E-state index in [1.165, 1.54) is 38.8 Å². The van der Waals surface area contributed by atoms with Crippen molar-refractivity contribution in [3.05, 3.63) is 35.4 Å². The van der Waals surface area contributed by atoms with Gasteiger partial charge in [-0.15, -0.1) is 0 Å². The molecule has 0 spiro atoms. The summed E-state index contributed by atoms with van der Waals surface area (Å²) in [6.45, 7) is 2.38. The lowest BCUT2D eigenvalue weighted by Gasteiger charge is -2.35. The Balaban J connectivity index is 1.67. The summed E-state index contributed by atoms with van der Waals surface area (Å²) in [4.78, 5) is 2.64. The third-order valence-electron chi connectivity index (χ3n) is 4.49. The Morgan fingerprint density at radius 1 is 1.00 bits per heavy atom. The van der Waals surface area contributed by atoms with Crippen LogP contribution in [0.5, 0.6) is 0 Å². The summed E-state index contributed by atoms with van der Waals surface area (Å²) >= 11 is 0. The zero-order valence-electron chi connectivity index (χ0n) is 10.7. The molecule has 0 radical (unpaired) electrons. The summed E-state index contributed by atoms with van der Waals surface area (Å²) in [7, 11) is 2.33. The minimum absolute atomic E-state index is 0.732. The molecule has 2 nitrogen and oxygen atoms in total. The molecular weight excluding hydrogens is 208 g/mol. The van der Waals surface area contributed by atoms with Gasteiger partial charge in [0.05, 0.1) is 0 Å². The predicted molar refractivity (Wildman–Crippen MR) is 71.3 cm³/mol. The van der Waals surface area contributed by atoms with Gasteiger partial charge in [0.1, 0.15) is 0 Å². The Labute approximate surface area is 104 Å². The number of likely N-dealkylation sites (N-methyl/N-ethyl adjacent to an activating group) is 1. The first-order valence-corrected chi connectivity index (χ1v) is 6.84. The molecular formula is C15H22N2. The van der Waals surface area contributed by atoms with E-state index in [1.807, 2.05) is 0 Å². The number of nitrogens with zero attached hydrogens (tertiary/aromatic N) is 1. The third-order valence-corrected chi connectivity index (χ3v) is 4.49. The molecule has 3 rings (SSSR count). The van der Waals surface area contributed by atoms with Crippen LogP contribution in [0.1, 0.15) is 24.0 Å². The van der Waals surface area contributed by atoms with Crippen LogP contribution in [0.15, 0.2) is 24.3 Å². The lowest BCUT2D eigenvalue weighted by Crippen LogP contribution is -2.46. The zero-order chi connectivity index (χ0) is 11.7. The molecule has 0 saturated carbocycles. The van der Waals surface area contributed by atoms with Crippen LogP contribution in [0.3, 0.4) is 0 Å². The molecule has 0 amide bonds. The number of benzene rings is 1. The summed E-state index contributed by atoms with van der Waals surface area (Å²) < 4.78 is 0. The molecule has 0 atom stereocenters. The van der Waals surface area contributed by atoms with Gasteiger partial charge in [0.2, 0.25) is 0 Å². The molecule has 1 aliphatic carbocycles. The highest BCUT2D eigenvalue weighted by Gasteiger charge is 2.29. The summed E-state index contributed by atoms with van der Waals surface area (Å²) in [6, 6.07) is 10.5. The van der Waals surface area contributed by atoms with E-state index < -0.39 is 0 Å². The normalized spacial score (nSPS) is 22.0. The van der Waals surface area contributed by atoms with E-state index in [2.05, 4.69) is 41.5 Å². The van der Waals surface area contributed by atoms with E-state index in [-0.39, 0.29) is 0 Å². The van der Waals surface area contributed by atoms with Crippen LogP contribution < -0.4 is 5.32 Å². The lowest BCUT2D eigenvalue weighted by molar-refractivity contribution is 0.147. The van der Waals surface area contributed by atoms with Crippen LogP contribution >= 0.6 is 0 Å². The number of nitrogens with one attached hydrogen (secondary N) is 1. The van der Waals surface area contributed by atoms with Crippen molar-refractivity contribution in [2.75, 3.05) is 20.1 Å². The molecule has 2 heteroatoms. The van der Waals surface area contributed by atoms with Gasteiger partial charge in [0, 0.05) is 12.1 Å². The number of hydrogen-bond donors (Lipinski definition) is 1. The molecule has 0 unspecified atom stereocenters. The molecule has 1 saturated heterocycles. The van der Waals surface area contributed by atoms with E-state index in [9.17, 15) is 0 Å². The van der Waals surface area contributed by atoms with Crippen LogP contribution in [-0.2, 0) is 12.8 Å². The number of hydrogen-bond acceptors (Lipinski definition) is 2. The average Bonchev–Trinajstić information content (AvgIpc) is 2.82. The Hall–Kier alpha value is -0.860. The molecule has 92 valence electrons. The second kappa shape index (κ2) is 4.79. The van der Waals surface area contributed by atoms with Gasteiger partial charge in [-0.25, -0.2) is 0 Å². The fourth-order valence-corrected chi connectivity index (χ4v) is 3.34. The largest absolute Gasteiger partial charge is 0.317 e. The maximum Gasteiger partial charge on any atom is 0.0176 e. The van der Waals surface area contributed by atoms with Crippen molar-refractivity contribution in [1.29, 1.82) is 0 Å². The van der Waals surface area contributed by atoms with Crippen molar-refractivity contribution in [3.63, 3.8) is 0 Å². The highest BCUT2D eigenvalue weighted by atomic mass is 15.2. The van der Waals surface area contributed by atoms with Crippen LogP contribution in [0.25, 0.3) is 0 Å². The van der Waals surface area contributed by atoms with E-state index in [4.69, 9.17) is 0 Å². The highest BCUT2D eigenvalue weighted by molar-refractivity contribution is 5.33. The van der Waals surface area contributed by atoms with Crippen LogP contribution in [-0.4, -0.2) is 37.1 Å². The fraction of sp³-hybridized carbons (Fsp3) is 0.600. The van der Waals surface area contributed by atoms with E-state index in [0.29, 0.717) is 0 Å². The highest BCUT2D eigenvalue weighted by Crippen LogP contribution is 2.27. The monoisotopic (exact) mass is 230 g/mol. The van der Waals surface area contributed by atoms with Crippen molar-refractivity contribution in [2.45, 2.75) is 37.8 Å². The smallest absolute Gasteiger partial charge is 0.0176 e. The molecule has 1 fully saturated rings. The molecule has 1 heterocycles. The first kappa shape index (κ1) is 11.2. The van der Waals surface area contributed by atoms with Gasteiger partial charge in [0.25, 0.3) is 0 Å². The zero-order valence-corrected chi connectivity index (χ0v) is 10.7. The maximum absolute atomic E-state index is 3.45. The molecule has 17 heavy (non-hydrogen) atoms. The maximum atomic E-state index is 3.45. The van der Waals surface area contributed by atoms with Gasteiger partial charge in [-0.3, -0.25) is 4.90 Å². The predicted octanol–water partition coefficient (Wildman–Crippen LogP) is 1.84.